The fraction of sp³-hybridized carbons (Fsp3) is 0.333. The smallest absolute Gasteiger partial charge is 0.300 e. The molecule has 0 spiro atoms. The van der Waals surface area contributed by atoms with Crippen LogP contribution in [0.4, 0.5) is 13.2 Å². The number of aryl methyl sites for hydroxylation is 1. The Morgan fingerprint density at radius 3 is 2.06 bits per heavy atom. The number of rotatable bonds is 4. The Morgan fingerprint density at radius 2 is 1.65 bits per heavy atom. The van der Waals surface area contributed by atoms with Gasteiger partial charge in [-0.15, -0.1) is 0 Å². The number of carbonyl (C=O) groups excluding carboxylic acids is 2. The van der Waals surface area contributed by atoms with Gasteiger partial charge in [-0.05, 0) is 18.9 Å². The molecule has 0 radical (unpaired) electrons. The van der Waals surface area contributed by atoms with Crippen molar-refractivity contribution in [3.63, 3.8) is 0 Å². The van der Waals surface area contributed by atoms with Crippen molar-refractivity contribution in [1.82, 2.24) is 0 Å². The van der Waals surface area contributed by atoms with Crippen molar-refractivity contribution < 1.29 is 22.8 Å². The largest absolute Gasteiger partial charge is 0.454 e. The molecule has 0 saturated carbocycles. The first-order chi connectivity index (χ1) is 7.80. The third kappa shape index (κ3) is 4.01. The maximum Gasteiger partial charge on any atom is 0.454 e. The molecule has 0 aliphatic rings. The topological polar surface area (TPSA) is 34.1 Å². The Hall–Kier alpha value is -1.65. The van der Waals surface area contributed by atoms with Gasteiger partial charge in [0.25, 0.3) is 5.78 Å². The highest BCUT2D eigenvalue weighted by atomic mass is 19.4. The van der Waals surface area contributed by atoms with Gasteiger partial charge in [0.05, 0.1) is 0 Å². The van der Waals surface area contributed by atoms with Crippen LogP contribution in [0.3, 0.4) is 0 Å². The van der Waals surface area contributed by atoms with Gasteiger partial charge in [0.2, 0.25) is 0 Å². The SMILES string of the molecule is CC(=O)CCc1ccc(C(=O)C(F)(F)F)cc1. The van der Waals surface area contributed by atoms with Gasteiger partial charge in [-0.3, -0.25) is 4.79 Å². The monoisotopic (exact) mass is 244 g/mol. The summed E-state index contributed by atoms with van der Waals surface area (Å²) in [5.41, 5.74) is 0.350. The molecule has 0 aliphatic carbocycles. The standard InChI is InChI=1S/C12H11F3O2/c1-8(16)2-3-9-4-6-10(7-5-9)11(17)12(13,14)15/h4-7H,2-3H2,1H3. The molecular formula is C12H11F3O2. The molecule has 17 heavy (non-hydrogen) atoms. The Kier molecular flexibility index (Phi) is 4.04. The summed E-state index contributed by atoms with van der Waals surface area (Å²) >= 11 is 0. The second-order valence-electron chi connectivity index (χ2n) is 3.73. The van der Waals surface area contributed by atoms with E-state index in [9.17, 15) is 22.8 Å². The highest BCUT2D eigenvalue weighted by molar-refractivity contribution is 6.00. The van der Waals surface area contributed by atoms with Crippen molar-refractivity contribution in [3.05, 3.63) is 35.4 Å². The van der Waals surface area contributed by atoms with Crippen molar-refractivity contribution in [1.29, 1.82) is 0 Å². The lowest BCUT2D eigenvalue weighted by molar-refractivity contribution is -0.116. The number of hydrogen-bond donors (Lipinski definition) is 0. The summed E-state index contributed by atoms with van der Waals surface area (Å²) < 4.78 is 36.3. The van der Waals surface area contributed by atoms with E-state index in [0.717, 1.165) is 17.7 Å². The molecule has 0 aliphatic heterocycles. The van der Waals surface area contributed by atoms with Crippen molar-refractivity contribution >= 4 is 11.6 Å². The molecule has 0 aromatic heterocycles. The zero-order valence-electron chi connectivity index (χ0n) is 9.17. The van der Waals surface area contributed by atoms with Crippen LogP contribution in [0.25, 0.3) is 0 Å². The Morgan fingerprint density at radius 1 is 1.12 bits per heavy atom. The van der Waals surface area contributed by atoms with Crippen LogP contribution in [0.1, 0.15) is 29.3 Å². The molecule has 1 rings (SSSR count). The summed E-state index contributed by atoms with van der Waals surface area (Å²) in [7, 11) is 0. The molecule has 5 heteroatoms. The first-order valence-corrected chi connectivity index (χ1v) is 5.00. The summed E-state index contributed by atoms with van der Waals surface area (Å²) in [6, 6.07) is 5.13. The summed E-state index contributed by atoms with van der Waals surface area (Å²) in [5, 5.41) is 0. The number of carbonyl (C=O) groups is 2. The quantitative estimate of drug-likeness (QED) is 0.763. The fourth-order valence-corrected chi connectivity index (χ4v) is 1.31. The average Bonchev–Trinajstić information content (AvgIpc) is 2.25. The second kappa shape index (κ2) is 5.12. The van der Waals surface area contributed by atoms with Gasteiger partial charge in [-0.2, -0.15) is 13.2 Å². The van der Waals surface area contributed by atoms with E-state index in [4.69, 9.17) is 0 Å². The summed E-state index contributed by atoms with van der Waals surface area (Å²) in [6.45, 7) is 1.45. The van der Waals surface area contributed by atoms with Gasteiger partial charge in [0.15, 0.2) is 0 Å². The molecule has 0 saturated heterocycles. The molecule has 0 bridgehead atoms. The third-order valence-electron chi connectivity index (χ3n) is 2.24. The van der Waals surface area contributed by atoms with Crippen molar-refractivity contribution in [2.75, 3.05) is 0 Å². The first kappa shape index (κ1) is 13.4. The molecule has 0 N–H and O–H groups in total. The molecular weight excluding hydrogens is 233 g/mol. The van der Waals surface area contributed by atoms with E-state index in [0.29, 0.717) is 12.8 Å². The van der Waals surface area contributed by atoms with E-state index in [-0.39, 0.29) is 11.3 Å². The summed E-state index contributed by atoms with van der Waals surface area (Å²) in [6.07, 6.45) is -4.04. The van der Waals surface area contributed by atoms with Gasteiger partial charge in [0.1, 0.15) is 5.78 Å². The second-order valence-corrected chi connectivity index (χ2v) is 3.73. The van der Waals surface area contributed by atoms with Crippen LogP contribution in [-0.2, 0) is 11.2 Å². The van der Waals surface area contributed by atoms with Crippen LogP contribution in [0.5, 0.6) is 0 Å². The lowest BCUT2D eigenvalue weighted by atomic mass is 10.0. The van der Waals surface area contributed by atoms with Gasteiger partial charge >= 0.3 is 6.18 Å². The molecule has 92 valence electrons. The van der Waals surface area contributed by atoms with Gasteiger partial charge in [0, 0.05) is 12.0 Å². The van der Waals surface area contributed by atoms with E-state index in [1.165, 1.54) is 19.1 Å². The van der Waals surface area contributed by atoms with Crippen molar-refractivity contribution in [2.45, 2.75) is 25.9 Å². The maximum atomic E-state index is 12.1. The minimum atomic E-state index is -4.85. The zero-order valence-corrected chi connectivity index (χ0v) is 9.17. The lowest BCUT2D eigenvalue weighted by Gasteiger charge is -2.05. The highest BCUT2D eigenvalue weighted by Crippen LogP contribution is 2.21. The highest BCUT2D eigenvalue weighted by Gasteiger charge is 2.39. The molecule has 0 fully saturated rings. The van der Waals surface area contributed by atoms with Gasteiger partial charge in [-0.25, -0.2) is 0 Å². The van der Waals surface area contributed by atoms with Crippen molar-refractivity contribution in [3.8, 4) is 0 Å². The molecule has 2 nitrogen and oxygen atoms in total. The van der Waals surface area contributed by atoms with Crippen LogP contribution in [0.15, 0.2) is 24.3 Å². The number of benzene rings is 1. The van der Waals surface area contributed by atoms with Crippen LogP contribution < -0.4 is 0 Å². The summed E-state index contributed by atoms with van der Waals surface area (Å²) in [5.74, 6) is -1.84. The predicted octanol–water partition coefficient (Wildman–Crippen LogP) is 2.95. The van der Waals surface area contributed by atoms with Gasteiger partial charge in [-0.1, -0.05) is 24.3 Å². The van der Waals surface area contributed by atoms with Crippen LogP contribution in [-0.4, -0.2) is 17.7 Å². The maximum absolute atomic E-state index is 12.1. The predicted molar refractivity (Wildman–Crippen MR) is 55.8 cm³/mol. The third-order valence-corrected chi connectivity index (χ3v) is 2.24. The van der Waals surface area contributed by atoms with Crippen LogP contribution >= 0.6 is 0 Å². The van der Waals surface area contributed by atoms with Gasteiger partial charge < -0.3 is 4.79 Å². The van der Waals surface area contributed by atoms with Crippen molar-refractivity contribution in [2.24, 2.45) is 0 Å². The van der Waals surface area contributed by atoms with E-state index in [1.807, 2.05) is 0 Å². The molecule has 0 amide bonds. The number of alkyl halides is 3. The molecule has 0 unspecified atom stereocenters. The van der Waals surface area contributed by atoms with E-state index >= 15 is 0 Å². The van der Waals surface area contributed by atoms with E-state index in [1.54, 1.807) is 0 Å². The molecule has 0 heterocycles. The molecule has 0 atom stereocenters. The minimum Gasteiger partial charge on any atom is -0.300 e. The van der Waals surface area contributed by atoms with Crippen LogP contribution in [0, 0.1) is 0 Å². The number of ketones is 2. The minimum absolute atomic E-state index is 0.0143. The summed E-state index contributed by atoms with van der Waals surface area (Å²) in [4.78, 5) is 21.6. The number of Topliss-reactive ketones (excluding diaryl/α,β-unsaturated/α-hetero) is 2. The van der Waals surface area contributed by atoms with E-state index < -0.39 is 12.0 Å². The van der Waals surface area contributed by atoms with Crippen LogP contribution in [0.2, 0.25) is 0 Å². The van der Waals surface area contributed by atoms with E-state index in [2.05, 4.69) is 0 Å². The zero-order chi connectivity index (χ0) is 13.1. The molecule has 1 aromatic carbocycles. The molecule has 1 aromatic rings. The average molecular weight is 244 g/mol. The Bertz CT molecular complexity index is 418. The Labute approximate surface area is 96.4 Å². The first-order valence-electron chi connectivity index (χ1n) is 5.00. The fourth-order valence-electron chi connectivity index (χ4n) is 1.31. The number of hydrogen-bond acceptors (Lipinski definition) is 2. The number of halogens is 3. The normalized spacial score (nSPS) is 11.3. The Balaban J connectivity index is 2.75. The lowest BCUT2D eigenvalue weighted by Crippen LogP contribution is -2.22.